The molecule has 0 aromatic heterocycles. The largest absolute Gasteiger partial charge is 0.378 e. The molecule has 1 fully saturated rings. The number of hydrogen-bond donors (Lipinski definition) is 1. The summed E-state index contributed by atoms with van der Waals surface area (Å²) in [7, 11) is -3.77. The zero-order chi connectivity index (χ0) is 13.2. The number of ether oxygens (including phenoxy) is 1. The van der Waals surface area contributed by atoms with E-state index in [1.54, 1.807) is 0 Å². The number of nitrogens with one attached hydrogen (secondary N) is 1. The first-order chi connectivity index (χ1) is 8.53. The van der Waals surface area contributed by atoms with Crippen LogP contribution in [-0.4, -0.2) is 27.2 Å². The molecule has 0 bridgehead atoms. The van der Waals surface area contributed by atoms with E-state index in [4.69, 9.17) is 4.74 Å². The maximum absolute atomic E-state index is 13.4. The van der Waals surface area contributed by atoms with E-state index in [9.17, 15) is 12.8 Å². The topological polar surface area (TPSA) is 55.4 Å². The van der Waals surface area contributed by atoms with Crippen LogP contribution in [0.15, 0.2) is 29.2 Å². The van der Waals surface area contributed by atoms with Crippen molar-refractivity contribution in [2.45, 2.75) is 36.8 Å². The van der Waals surface area contributed by atoms with Gasteiger partial charge in [0, 0.05) is 12.6 Å². The lowest BCUT2D eigenvalue weighted by Crippen LogP contribution is -2.47. The van der Waals surface area contributed by atoms with Gasteiger partial charge in [-0.15, -0.1) is 0 Å². The summed E-state index contributed by atoms with van der Waals surface area (Å²) >= 11 is 0. The van der Waals surface area contributed by atoms with Crippen LogP contribution in [0.5, 0.6) is 0 Å². The quantitative estimate of drug-likeness (QED) is 0.888. The summed E-state index contributed by atoms with van der Waals surface area (Å²) < 4.78 is 45.1. The van der Waals surface area contributed by atoms with Crippen molar-refractivity contribution in [1.82, 2.24) is 4.72 Å². The van der Waals surface area contributed by atoms with Crippen LogP contribution >= 0.6 is 0 Å². The molecule has 0 aliphatic heterocycles. The second-order valence-electron chi connectivity index (χ2n) is 4.30. The van der Waals surface area contributed by atoms with Crippen LogP contribution in [-0.2, 0) is 14.8 Å². The van der Waals surface area contributed by atoms with Crippen molar-refractivity contribution >= 4 is 10.0 Å². The van der Waals surface area contributed by atoms with Crippen molar-refractivity contribution in [2.24, 2.45) is 0 Å². The third kappa shape index (κ3) is 2.88. The van der Waals surface area contributed by atoms with Crippen molar-refractivity contribution in [3.8, 4) is 0 Å². The van der Waals surface area contributed by atoms with E-state index in [1.807, 2.05) is 6.92 Å². The van der Waals surface area contributed by atoms with Gasteiger partial charge in [0.1, 0.15) is 10.7 Å². The van der Waals surface area contributed by atoms with Crippen molar-refractivity contribution in [2.75, 3.05) is 6.61 Å². The van der Waals surface area contributed by atoms with E-state index in [1.165, 1.54) is 18.2 Å². The van der Waals surface area contributed by atoms with Crippen molar-refractivity contribution in [3.63, 3.8) is 0 Å². The second kappa shape index (κ2) is 5.34. The summed E-state index contributed by atoms with van der Waals surface area (Å²) in [5, 5.41) is 0. The van der Waals surface area contributed by atoms with Gasteiger partial charge in [0.05, 0.1) is 6.10 Å². The first-order valence-corrected chi connectivity index (χ1v) is 7.39. The van der Waals surface area contributed by atoms with Gasteiger partial charge in [0.15, 0.2) is 0 Å². The van der Waals surface area contributed by atoms with Crippen LogP contribution < -0.4 is 4.72 Å². The summed E-state index contributed by atoms with van der Waals surface area (Å²) in [6.45, 7) is 2.52. The molecule has 6 heteroatoms. The lowest BCUT2D eigenvalue weighted by atomic mass is 9.90. The zero-order valence-corrected chi connectivity index (χ0v) is 10.9. The number of benzene rings is 1. The fourth-order valence-corrected chi connectivity index (χ4v) is 3.32. The minimum Gasteiger partial charge on any atom is -0.378 e. The predicted molar refractivity (Wildman–Crippen MR) is 65.2 cm³/mol. The summed E-state index contributed by atoms with van der Waals surface area (Å²) in [6.07, 6.45) is 1.39. The van der Waals surface area contributed by atoms with Gasteiger partial charge in [-0.25, -0.2) is 17.5 Å². The van der Waals surface area contributed by atoms with E-state index < -0.39 is 15.8 Å². The van der Waals surface area contributed by atoms with Gasteiger partial charge in [-0.3, -0.25) is 0 Å². The van der Waals surface area contributed by atoms with Gasteiger partial charge in [-0.1, -0.05) is 12.1 Å². The molecule has 1 aliphatic carbocycles. The molecule has 1 saturated carbocycles. The lowest BCUT2D eigenvalue weighted by Gasteiger charge is -2.35. The van der Waals surface area contributed by atoms with Crippen LogP contribution in [0.4, 0.5) is 4.39 Å². The molecule has 1 aromatic carbocycles. The van der Waals surface area contributed by atoms with Crippen LogP contribution in [0, 0.1) is 5.82 Å². The fraction of sp³-hybridized carbons (Fsp3) is 0.500. The highest BCUT2D eigenvalue weighted by atomic mass is 32.2. The smallest absolute Gasteiger partial charge is 0.243 e. The minimum absolute atomic E-state index is 0.114. The Hall–Kier alpha value is -0.980. The van der Waals surface area contributed by atoms with Gasteiger partial charge >= 0.3 is 0 Å². The highest BCUT2D eigenvalue weighted by Crippen LogP contribution is 2.25. The van der Waals surface area contributed by atoms with E-state index in [2.05, 4.69) is 4.72 Å². The molecule has 1 aromatic rings. The molecule has 0 spiro atoms. The molecule has 0 radical (unpaired) electrons. The van der Waals surface area contributed by atoms with Crippen molar-refractivity contribution in [3.05, 3.63) is 30.1 Å². The monoisotopic (exact) mass is 273 g/mol. The maximum Gasteiger partial charge on any atom is 0.243 e. The molecule has 18 heavy (non-hydrogen) atoms. The highest BCUT2D eigenvalue weighted by molar-refractivity contribution is 7.89. The van der Waals surface area contributed by atoms with E-state index in [0.29, 0.717) is 19.4 Å². The van der Waals surface area contributed by atoms with Crippen molar-refractivity contribution in [1.29, 1.82) is 0 Å². The molecule has 0 unspecified atom stereocenters. The Morgan fingerprint density at radius 1 is 1.39 bits per heavy atom. The molecule has 1 aliphatic rings. The van der Waals surface area contributed by atoms with Crippen molar-refractivity contribution < 1.29 is 17.5 Å². The average Bonchev–Trinajstić information content (AvgIpc) is 2.26. The summed E-state index contributed by atoms with van der Waals surface area (Å²) in [5.74, 6) is -0.731. The number of rotatable bonds is 5. The van der Waals surface area contributed by atoms with Gasteiger partial charge < -0.3 is 4.74 Å². The first kappa shape index (κ1) is 13.5. The molecule has 0 heterocycles. The predicted octanol–water partition coefficient (Wildman–Crippen LogP) is 1.67. The van der Waals surface area contributed by atoms with Crippen LogP contribution in [0.2, 0.25) is 0 Å². The van der Waals surface area contributed by atoms with Gasteiger partial charge in [0.25, 0.3) is 0 Å². The molecule has 100 valence electrons. The molecule has 0 amide bonds. The van der Waals surface area contributed by atoms with Gasteiger partial charge in [0.2, 0.25) is 10.0 Å². The molecule has 4 nitrogen and oxygen atoms in total. The van der Waals surface area contributed by atoms with Crippen LogP contribution in [0.1, 0.15) is 19.8 Å². The van der Waals surface area contributed by atoms with E-state index >= 15 is 0 Å². The number of hydrogen-bond acceptors (Lipinski definition) is 3. The van der Waals surface area contributed by atoms with Crippen LogP contribution in [0.3, 0.4) is 0 Å². The van der Waals surface area contributed by atoms with E-state index in [0.717, 1.165) is 6.07 Å². The fourth-order valence-electron chi connectivity index (χ4n) is 1.98. The number of halogens is 1. The summed E-state index contributed by atoms with van der Waals surface area (Å²) in [6, 6.07) is 5.20. The Morgan fingerprint density at radius 3 is 2.67 bits per heavy atom. The lowest BCUT2D eigenvalue weighted by molar-refractivity contribution is -0.00476. The Kier molecular flexibility index (Phi) is 3.99. The number of sulfonamides is 1. The molecule has 0 atom stereocenters. The average molecular weight is 273 g/mol. The third-order valence-electron chi connectivity index (χ3n) is 2.95. The minimum atomic E-state index is -3.77. The summed E-state index contributed by atoms with van der Waals surface area (Å²) in [4.78, 5) is -0.301. The Morgan fingerprint density at radius 2 is 2.06 bits per heavy atom. The second-order valence-corrected chi connectivity index (χ2v) is 5.98. The Labute approximate surface area is 106 Å². The molecular formula is C12H16FNO3S. The van der Waals surface area contributed by atoms with E-state index in [-0.39, 0.29) is 17.0 Å². The zero-order valence-electron chi connectivity index (χ0n) is 10.1. The molecular weight excluding hydrogens is 257 g/mol. The first-order valence-electron chi connectivity index (χ1n) is 5.91. The van der Waals surface area contributed by atoms with Gasteiger partial charge in [-0.2, -0.15) is 0 Å². The highest BCUT2D eigenvalue weighted by Gasteiger charge is 2.33. The SMILES string of the molecule is CCOC1CC(NS(=O)(=O)c2ccccc2F)C1. The maximum atomic E-state index is 13.4. The molecule has 0 saturated heterocycles. The molecule has 2 rings (SSSR count). The standard InChI is InChI=1S/C12H16FNO3S/c1-2-17-10-7-9(8-10)14-18(15,16)12-6-4-3-5-11(12)13/h3-6,9-10,14H,2,7-8H2,1H3. The summed E-state index contributed by atoms with van der Waals surface area (Å²) in [5.41, 5.74) is 0. The Bertz CT molecular complexity index is 512. The Balaban J connectivity index is 2.00. The third-order valence-corrected chi connectivity index (χ3v) is 4.50. The normalized spacial score (nSPS) is 23.7. The van der Waals surface area contributed by atoms with Crippen LogP contribution in [0.25, 0.3) is 0 Å². The van der Waals surface area contributed by atoms with Gasteiger partial charge in [-0.05, 0) is 31.9 Å². The molecule has 1 N–H and O–H groups in total.